The van der Waals surface area contributed by atoms with Crippen molar-refractivity contribution in [2.24, 2.45) is 5.73 Å². The Morgan fingerprint density at radius 2 is 1.71 bits per heavy atom. The number of thiophene rings is 1. The molecule has 9 heteroatoms. The molecule has 0 amide bonds. The van der Waals surface area contributed by atoms with Crippen molar-refractivity contribution in [1.82, 2.24) is 3.97 Å². The molecule has 6 aromatic rings. The summed E-state index contributed by atoms with van der Waals surface area (Å²) in [6.07, 6.45) is 0. The molecular weight excluding hydrogens is 589 g/mol. The van der Waals surface area contributed by atoms with Gasteiger partial charge in [0.25, 0.3) is 10.0 Å². The zero-order valence-corrected chi connectivity index (χ0v) is 24.7. The van der Waals surface area contributed by atoms with Crippen LogP contribution in [-0.4, -0.2) is 12.4 Å². The van der Waals surface area contributed by atoms with Gasteiger partial charge in [0.2, 0.25) is 5.00 Å². The first kappa shape index (κ1) is 27.9. The van der Waals surface area contributed by atoms with Crippen molar-refractivity contribution in [3.63, 3.8) is 0 Å². The summed E-state index contributed by atoms with van der Waals surface area (Å²) in [6, 6.07) is 25.4. The molecule has 2 N–H and O–H groups in total. The molecule has 0 saturated carbocycles. The van der Waals surface area contributed by atoms with Crippen LogP contribution in [0, 0.1) is 19.3 Å². The fourth-order valence-corrected chi connectivity index (χ4v) is 7.71. The maximum Gasteiger partial charge on any atom is 0.268 e. The average Bonchev–Trinajstić information content (AvgIpc) is 3.59. The number of benzene rings is 4. The topological polar surface area (TPSA) is 69.5 Å². The number of nitrogens with zero attached hydrogens (tertiary/aromatic N) is 2. The predicted molar refractivity (Wildman–Crippen MR) is 169 cm³/mol. The minimum atomic E-state index is -4.18. The lowest BCUT2D eigenvalue weighted by Crippen LogP contribution is -2.14. The molecule has 0 aliphatic rings. The van der Waals surface area contributed by atoms with E-state index in [1.165, 1.54) is 33.5 Å². The van der Waals surface area contributed by atoms with Crippen LogP contribution in [0.2, 0.25) is 5.02 Å². The van der Waals surface area contributed by atoms with Crippen LogP contribution in [0.5, 0.6) is 0 Å². The van der Waals surface area contributed by atoms with Crippen LogP contribution in [0.1, 0.15) is 11.1 Å². The first-order valence-electron chi connectivity index (χ1n) is 12.9. The third-order valence-corrected chi connectivity index (χ3v) is 10.0. The molecular formula is C33H23ClFN3O2S2. The molecule has 0 aliphatic heterocycles. The number of nitrogens with two attached hydrogens (primary N) is 1. The molecule has 0 unspecified atom stereocenters. The zero-order valence-electron chi connectivity index (χ0n) is 22.3. The van der Waals surface area contributed by atoms with Crippen LogP contribution < -0.4 is 5.73 Å². The van der Waals surface area contributed by atoms with Gasteiger partial charge in [-0.25, -0.2) is 21.6 Å². The van der Waals surface area contributed by atoms with Gasteiger partial charge in [0.1, 0.15) is 5.82 Å². The fourth-order valence-electron chi connectivity index (χ4n) is 5.17. The second kappa shape index (κ2) is 10.9. The van der Waals surface area contributed by atoms with E-state index in [1.807, 2.05) is 49.4 Å². The Morgan fingerprint density at radius 3 is 2.43 bits per heavy atom. The number of hydrogen-bond acceptors (Lipinski definition) is 4. The molecule has 0 bridgehead atoms. The smallest absolute Gasteiger partial charge is 0.268 e. The van der Waals surface area contributed by atoms with E-state index in [1.54, 1.807) is 35.7 Å². The van der Waals surface area contributed by atoms with Crippen molar-refractivity contribution in [3.05, 3.63) is 130 Å². The van der Waals surface area contributed by atoms with Crippen molar-refractivity contribution in [1.29, 1.82) is 0 Å². The maximum atomic E-state index is 14.8. The predicted octanol–water partition coefficient (Wildman–Crippen LogP) is 9.05. The Morgan fingerprint density at radius 1 is 0.952 bits per heavy atom. The second-order valence-corrected chi connectivity index (χ2v) is 12.9. The highest BCUT2D eigenvalue weighted by Gasteiger charge is 2.30. The molecule has 0 saturated heterocycles. The molecule has 6 rings (SSSR count). The van der Waals surface area contributed by atoms with Crippen LogP contribution in [-0.2, 0) is 16.6 Å². The van der Waals surface area contributed by atoms with Gasteiger partial charge in [-0.3, -0.25) is 0 Å². The van der Waals surface area contributed by atoms with Gasteiger partial charge in [-0.1, -0.05) is 65.7 Å². The Balaban J connectivity index is 1.73. The highest BCUT2D eigenvalue weighted by Crippen LogP contribution is 2.48. The van der Waals surface area contributed by atoms with Crippen LogP contribution in [0.3, 0.4) is 0 Å². The van der Waals surface area contributed by atoms with Crippen molar-refractivity contribution in [2.75, 3.05) is 0 Å². The van der Waals surface area contributed by atoms with Crippen LogP contribution in [0.4, 0.5) is 9.39 Å². The Labute approximate surface area is 252 Å². The number of fused-ring (bicyclic) bond motifs is 1. The van der Waals surface area contributed by atoms with Gasteiger partial charge in [0, 0.05) is 39.2 Å². The molecule has 208 valence electrons. The number of aryl methyl sites for hydroxylation is 1. The molecule has 0 spiro atoms. The summed E-state index contributed by atoms with van der Waals surface area (Å²) in [6.45, 7) is 10.0. The third kappa shape index (κ3) is 4.71. The summed E-state index contributed by atoms with van der Waals surface area (Å²) in [5.74, 6) is -0.514. The zero-order chi connectivity index (χ0) is 29.6. The summed E-state index contributed by atoms with van der Waals surface area (Å²) < 4.78 is 44.9. The lowest BCUT2D eigenvalue weighted by Gasteiger charge is -2.15. The van der Waals surface area contributed by atoms with Gasteiger partial charge in [0.05, 0.1) is 22.7 Å². The number of aromatic nitrogens is 1. The van der Waals surface area contributed by atoms with E-state index in [9.17, 15) is 12.8 Å². The van der Waals surface area contributed by atoms with E-state index >= 15 is 0 Å². The SMILES string of the molecule is [C-]#[N+]c1sccc1-c1c(-c2cccc(-c3ccc(CN)cc3Cl)c2)n(S(=O)(=O)c2ccc(C)cc2)c2ccc(F)cc12. The van der Waals surface area contributed by atoms with E-state index in [0.717, 1.165) is 22.3 Å². The van der Waals surface area contributed by atoms with E-state index < -0.39 is 15.8 Å². The van der Waals surface area contributed by atoms with Gasteiger partial charge in [0.15, 0.2) is 0 Å². The summed E-state index contributed by atoms with van der Waals surface area (Å²) in [5.41, 5.74) is 11.3. The van der Waals surface area contributed by atoms with Crippen LogP contribution in [0.25, 0.3) is 49.3 Å². The van der Waals surface area contributed by atoms with Crippen molar-refractivity contribution in [3.8, 4) is 33.5 Å². The highest BCUT2D eigenvalue weighted by molar-refractivity contribution is 7.90. The number of halogens is 2. The van der Waals surface area contributed by atoms with E-state index in [4.69, 9.17) is 23.9 Å². The van der Waals surface area contributed by atoms with Crippen LogP contribution >= 0.6 is 22.9 Å². The molecule has 2 aromatic heterocycles. The standard InChI is InChI=1S/C33H23ClFN3O2S2/c1-20-6-10-25(11-7-20)42(39,40)38-30-13-9-24(35)18-28(30)31(27-14-15-41-33(27)37-2)32(38)23-5-3-4-22(17-23)26-12-8-21(19-36)16-29(26)34/h3-18H,19,36H2,1H3. The number of hydrogen-bond donors (Lipinski definition) is 1. The molecule has 0 atom stereocenters. The van der Waals surface area contributed by atoms with Crippen molar-refractivity contribution in [2.45, 2.75) is 18.4 Å². The van der Waals surface area contributed by atoms with Gasteiger partial charge in [-0.05, 0) is 65.9 Å². The van der Waals surface area contributed by atoms with Gasteiger partial charge < -0.3 is 5.73 Å². The molecule has 0 fully saturated rings. The first-order chi connectivity index (χ1) is 20.2. The summed E-state index contributed by atoms with van der Waals surface area (Å²) in [7, 11) is -4.18. The van der Waals surface area contributed by atoms with E-state index in [-0.39, 0.29) is 4.90 Å². The van der Waals surface area contributed by atoms with Gasteiger partial charge in [-0.15, -0.1) is 0 Å². The minimum Gasteiger partial charge on any atom is -0.326 e. The highest BCUT2D eigenvalue weighted by atomic mass is 35.5. The normalized spacial score (nSPS) is 11.6. The van der Waals surface area contributed by atoms with Crippen molar-refractivity contribution >= 4 is 48.9 Å². The molecule has 5 nitrogen and oxygen atoms in total. The molecule has 4 aromatic carbocycles. The Kier molecular flexibility index (Phi) is 7.21. The fraction of sp³-hybridized carbons (Fsp3) is 0.0606. The Hall–Kier alpha value is -4.26. The van der Waals surface area contributed by atoms with Gasteiger partial charge >= 0.3 is 0 Å². The first-order valence-corrected chi connectivity index (χ1v) is 15.6. The molecule has 0 radical (unpaired) electrons. The Bertz CT molecular complexity index is 2140. The number of rotatable bonds is 6. The molecule has 2 heterocycles. The van der Waals surface area contributed by atoms with Crippen molar-refractivity contribution < 1.29 is 12.8 Å². The van der Waals surface area contributed by atoms with Gasteiger partial charge in [-0.2, -0.15) is 11.3 Å². The summed E-state index contributed by atoms with van der Waals surface area (Å²) in [4.78, 5) is 3.78. The lowest BCUT2D eigenvalue weighted by molar-refractivity contribution is 0.589. The van der Waals surface area contributed by atoms with E-state index in [2.05, 4.69) is 4.85 Å². The summed E-state index contributed by atoms with van der Waals surface area (Å²) >= 11 is 7.89. The summed E-state index contributed by atoms with van der Waals surface area (Å²) in [5, 5.41) is 3.06. The van der Waals surface area contributed by atoms with Crippen LogP contribution in [0.15, 0.2) is 101 Å². The van der Waals surface area contributed by atoms with E-state index in [0.29, 0.717) is 49.9 Å². The minimum absolute atomic E-state index is 0.0921. The largest absolute Gasteiger partial charge is 0.326 e. The second-order valence-electron chi connectivity index (χ2n) is 9.82. The molecule has 0 aliphatic carbocycles. The third-order valence-electron chi connectivity index (χ3n) is 7.18. The molecule has 42 heavy (non-hydrogen) atoms. The quantitative estimate of drug-likeness (QED) is 0.191. The average molecular weight is 612 g/mol. The monoisotopic (exact) mass is 611 g/mol. The lowest BCUT2D eigenvalue weighted by atomic mass is 9.96. The maximum absolute atomic E-state index is 14.8.